The number of likely N-dealkylation sites (tertiary alicyclic amines) is 1. The number of methoxy groups -OCH3 is 1. The van der Waals surface area contributed by atoms with Crippen LogP contribution < -0.4 is 4.74 Å². The molecule has 0 unspecified atom stereocenters. The summed E-state index contributed by atoms with van der Waals surface area (Å²) >= 11 is 0. The topological polar surface area (TPSA) is 67.2 Å². The lowest BCUT2D eigenvalue weighted by Crippen LogP contribution is -2.17. The van der Waals surface area contributed by atoms with Crippen LogP contribution in [0.2, 0.25) is 0 Å². The van der Waals surface area contributed by atoms with Gasteiger partial charge in [-0.05, 0) is 44.1 Å². The zero-order valence-corrected chi connectivity index (χ0v) is 14.4. The van der Waals surface area contributed by atoms with E-state index in [4.69, 9.17) is 9.15 Å². The molecule has 6 nitrogen and oxygen atoms in total. The van der Waals surface area contributed by atoms with E-state index in [1.54, 1.807) is 7.11 Å². The summed E-state index contributed by atoms with van der Waals surface area (Å²) in [6.07, 6.45) is 3.19. The lowest BCUT2D eigenvalue weighted by molar-refractivity contribution is 0.299. The van der Waals surface area contributed by atoms with Crippen LogP contribution in [0.5, 0.6) is 5.75 Å². The maximum Gasteiger partial charge on any atom is 0.216 e. The third-order valence-corrected chi connectivity index (χ3v) is 4.54. The quantitative estimate of drug-likeness (QED) is 0.747. The van der Waals surface area contributed by atoms with Gasteiger partial charge in [0.15, 0.2) is 5.76 Å². The van der Waals surface area contributed by atoms with Crippen LogP contribution in [-0.4, -0.2) is 40.3 Å². The van der Waals surface area contributed by atoms with Gasteiger partial charge in [0.1, 0.15) is 17.3 Å². The minimum absolute atomic E-state index is 0.595. The summed E-state index contributed by atoms with van der Waals surface area (Å²) in [6.45, 7) is 3.16. The van der Waals surface area contributed by atoms with E-state index < -0.39 is 0 Å². The van der Waals surface area contributed by atoms with E-state index >= 15 is 0 Å². The molecule has 0 saturated carbocycles. The number of hydrogen-bond donors (Lipinski definition) is 1. The highest BCUT2D eigenvalue weighted by Crippen LogP contribution is 2.23. The van der Waals surface area contributed by atoms with Crippen LogP contribution in [-0.2, 0) is 13.0 Å². The van der Waals surface area contributed by atoms with E-state index in [2.05, 4.69) is 20.1 Å². The van der Waals surface area contributed by atoms with Gasteiger partial charge in [-0.15, -0.1) is 0 Å². The highest BCUT2D eigenvalue weighted by molar-refractivity contribution is 5.46. The molecule has 0 bridgehead atoms. The molecule has 3 heterocycles. The number of aromatic nitrogens is 3. The molecule has 1 aromatic carbocycles. The normalized spacial score (nSPS) is 14.9. The zero-order chi connectivity index (χ0) is 17.1. The van der Waals surface area contributed by atoms with E-state index in [9.17, 15) is 0 Å². The summed E-state index contributed by atoms with van der Waals surface area (Å²) in [7, 11) is 1.68. The van der Waals surface area contributed by atoms with Gasteiger partial charge in [0.2, 0.25) is 5.82 Å². The van der Waals surface area contributed by atoms with Crippen LogP contribution in [0.3, 0.4) is 0 Å². The molecular weight excluding hydrogens is 316 g/mol. The predicted molar refractivity (Wildman–Crippen MR) is 94.4 cm³/mol. The molecular formula is C19H22N4O2. The number of H-pyrrole nitrogens is 1. The fraction of sp³-hybridized carbons (Fsp3) is 0.368. The van der Waals surface area contributed by atoms with Crippen molar-refractivity contribution < 1.29 is 9.15 Å². The second-order valence-corrected chi connectivity index (χ2v) is 6.34. The van der Waals surface area contributed by atoms with Crippen molar-refractivity contribution in [2.45, 2.75) is 25.8 Å². The number of hydrogen-bond acceptors (Lipinski definition) is 5. The predicted octanol–water partition coefficient (Wildman–Crippen LogP) is 3.26. The summed E-state index contributed by atoms with van der Waals surface area (Å²) < 4.78 is 11.3. The second kappa shape index (κ2) is 7.11. The SMILES string of the molecule is COc1ccccc1Cc1nc(-c2ccc(CN3CCCC3)o2)n[nH]1. The van der Waals surface area contributed by atoms with Crippen LogP contribution >= 0.6 is 0 Å². The Labute approximate surface area is 146 Å². The Kier molecular flexibility index (Phi) is 4.52. The van der Waals surface area contributed by atoms with Crippen molar-refractivity contribution in [3.05, 3.63) is 53.5 Å². The van der Waals surface area contributed by atoms with Crippen molar-refractivity contribution in [1.82, 2.24) is 20.1 Å². The smallest absolute Gasteiger partial charge is 0.216 e. The molecule has 1 fully saturated rings. The van der Waals surface area contributed by atoms with Gasteiger partial charge in [-0.3, -0.25) is 10.00 Å². The second-order valence-electron chi connectivity index (χ2n) is 6.34. The molecule has 130 valence electrons. The van der Waals surface area contributed by atoms with E-state index in [1.807, 2.05) is 36.4 Å². The first-order valence-corrected chi connectivity index (χ1v) is 8.66. The number of aromatic amines is 1. The maximum absolute atomic E-state index is 5.93. The molecule has 3 aromatic rings. The molecule has 1 aliphatic rings. The van der Waals surface area contributed by atoms with E-state index in [1.165, 1.54) is 12.8 Å². The molecule has 1 N–H and O–H groups in total. The average molecular weight is 338 g/mol. The van der Waals surface area contributed by atoms with Gasteiger partial charge in [0.25, 0.3) is 0 Å². The monoisotopic (exact) mass is 338 g/mol. The first kappa shape index (κ1) is 15.9. The van der Waals surface area contributed by atoms with Gasteiger partial charge in [-0.2, -0.15) is 5.10 Å². The molecule has 0 radical (unpaired) electrons. The standard InChI is InChI=1S/C19H22N4O2/c1-24-16-7-3-2-6-14(16)12-18-20-19(22-21-18)17-9-8-15(25-17)13-23-10-4-5-11-23/h2-3,6-9H,4-5,10-13H2,1H3,(H,20,21,22). The molecule has 0 amide bonds. The highest BCUT2D eigenvalue weighted by Gasteiger charge is 2.16. The van der Waals surface area contributed by atoms with Crippen LogP contribution in [0, 0.1) is 0 Å². The lowest BCUT2D eigenvalue weighted by atomic mass is 10.1. The maximum atomic E-state index is 5.93. The molecule has 0 atom stereocenters. The van der Waals surface area contributed by atoms with E-state index in [0.29, 0.717) is 18.0 Å². The number of benzene rings is 1. The van der Waals surface area contributed by atoms with Crippen LogP contribution in [0.15, 0.2) is 40.8 Å². The fourth-order valence-corrected chi connectivity index (χ4v) is 3.26. The van der Waals surface area contributed by atoms with E-state index in [-0.39, 0.29) is 0 Å². The number of para-hydroxylation sites is 1. The van der Waals surface area contributed by atoms with Crippen LogP contribution in [0.4, 0.5) is 0 Å². The van der Waals surface area contributed by atoms with Gasteiger partial charge in [-0.1, -0.05) is 18.2 Å². The Balaban J connectivity index is 1.46. The first-order chi connectivity index (χ1) is 12.3. The third kappa shape index (κ3) is 3.58. The van der Waals surface area contributed by atoms with E-state index in [0.717, 1.165) is 42.5 Å². The van der Waals surface area contributed by atoms with Crippen LogP contribution in [0.1, 0.15) is 30.0 Å². The zero-order valence-electron chi connectivity index (χ0n) is 14.4. The van der Waals surface area contributed by atoms with Crippen molar-refractivity contribution in [1.29, 1.82) is 0 Å². The Morgan fingerprint density at radius 1 is 1.16 bits per heavy atom. The summed E-state index contributed by atoms with van der Waals surface area (Å²) in [6, 6.07) is 11.9. The first-order valence-electron chi connectivity index (χ1n) is 8.66. The minimum Gasteiger partial charge on any atom is -0.496 e. The molecule has 6 heteroatoms. The Morgan fingerprint density at radius 2 is 2.00 bits per heavy atom. The number of rotatable bonds is 6. The summed E-state index contributed by atoms with van der Waals surface area (Å²) in [5.74, 6) is 3.91. The number of ether oxygens (including phenoxy) is 1. The molecule has 4 rings (SSSR count). The largest absolute Gasteiger partial charge is 0.496 e. The third-order valence-electron chi connectivity index (χ3n) is 4.54. The van der Waals surface area contributed by atoms with Crippen LogP contribution in [0.25, 0.3) is 11.6 Å². The van der Waals surface area contributed by atoms with Gasteiger partial charge in [0, 0.05) is 12.0 Å². The fourth-order valence-electron chi connectivity index (χ4n) is 3.26. The molecule has 0 aliphatic carbocycles. The Bertz CT molecular complexity index is 833. The molecule has 25 heavy (non-hydrogen) atoms. The van der Waals surface area contributed by atoms with Gasteiger partial charge >= 0.3 is 0 Å². The molecule has 2 aromatic heterocycles. The Hall–Kier alpha value is -2.60. The molecule has 0 spiro atoms. The molecule has 1 aliphatic heterocycles. The Morgan fingerprint density at radius 3 is 2.84 bits per heavy atom. The van der Waals surface area contributed by atoms with Crippen molar-refractivity contribution >= 4 is 0 Å². The van der Waals surface area contributed by atoms with Crippen molar-refractivity contribution in [2.75, 3.05) is 20.2 Å². The number of nitrogens with zero attached hydrogens (tertiary/aromatic N) is 3. The van der Waals surface area contributed by atoms with Gasteiger partial charge in [-0.25, -0.2) is 4.98 Å². The van der Waals surface area contributed by atoms with Crippen molar-refractivity contribution in [3.63, 3.8) is 0 Å². The van der Waals surface area contributed by atoms with Crippen molar-refractivity contribution in [3.8, 4) is 17.3 Å². The summed E-state index contributed by atoms with van der Waals surface area (Å²) in [4.78, 5) is 6.98. The van der Waals surface area contributed by atoms with Gasteiger partial charge in [0.05, 0.1) is 13.7 Å². The van der Waals surface area contributed by atoms with Gasteiger partial charge < -0.3 is 9.15 Å². The minimum atomic E-state index is 0.595. The average Bonchev–Trinajstić information content (AvgIpc) is 3.37. The molecule has 1 saturated heterocycles. The summed E-state index contributed by atoms with van der Waals surface area (Å²) in [5.41, 5.74) is 1.07. The highest BCUT2D eigenvalue weighted by atomic mass is 16.5. The van der Waals surface area contributed by atoms with Crippen molar-refractivity contribution in [2.24, 2.45) is 0 Å². The number of nitrogens with one attached hydrogen (secondary N) is 1. The lowest BCUT2D eigenvalue weighted by Gasteiger charge is -2.11. The summed E-state index contributed by atoms with van der Waals surface area (Å²) in [5, 5.41) is 7.30. The number of furan rings is 1.